The van der Waals surface area contributed by atoms with Gasteiger partial charge in [-0.3, -0.25) is 34.0 Å². The molecular formula is C77H101IN14O10S4. The molecule has 8 N–H and O–H groups in total. The van der Waals surface area contributed by atoms with E-state index < -0.39 is 36.2 Å². The first-order chi connectivity index (χ1) is 51.2. The summed E-state index contributed by atoms with van der Waals surface area (Å²) in [5, 5.41) is 24.0. The second kappa shape index (κ2) is 45.7. The molecule has 570 valence electrons. The summed E-state index contributed by atoms with van der Waals surface area (Å²) < 4.78 is 16.7. The summed E-state index contributed by atoms with van der Waals surface area (Å²) in [7, 11) is 4.56. The lowest BCUT2D eigenvalue weighted by Gasteiger charge is -2.28. The number of hydrogen-bond acceptors (Lipinski definition) is 19. The van der Waals surface area contributed by atoms with Crippen molar-refractivity contribution in [2.24, 2.45) is 5.73 Å². The standard InChI is InChI=1S/C40H49N7O6S2.C36H47N7O4S2.CH4.HI/c1-27(2)38-43-32(25-54-38)23-46(3)39(51)45-34(18-19-47-35(48)16-17-36(47)49)37(50)42-30(20-28-10-6-4-7-11-28)14-15-31(21-29-12-8-5-9-13-29)44-40(52)53-24-33-22-41-26-55-33;1-25(2)34-40-30(23-48-34)21-43(3)35(45)42-32(16-17-37)33(44)39-28(18-26-10-6-4-7-11-26)14-15-29(19-27-12-8-5-9-13-27)41-36(46)47-22-31-20-38-24-49-31;;/h4-13,22,25-27,30-31,34H,14-21,23-24H2,1-3H3,(H,42,50)(H,44,52)(H,45,51);4-13,20,23-25,28-29,32H,14-19,21-22,37H2,1-3H3,(H,39,44)(H,41,46)(H,42,45);1H4;1H/t30-,31-,34+;28-,29-,32+;;/m11../s1/i;;1D;. The Labute approximate surface area is 656 Å². The molecule has 106 heavy (non-hydrogen) atoms. The number of aromatic nitrogens is 4. The molecule has 0 saturated carbocycles. The highest BCUT2D eigenvalue weighted by Crippen LogP contribution is 2.23. The molecule has 1 aliphatic heterocycles. The second-order valence-corrected chi connectivity index (χ2v) is 30.0. The quantitative estimate of drug-likeness (QED) is 0.0141. The van der Waals surface area contributed by atoms with Gasteiger partial charge in [-0.2, -0.15) is 0 Å². The van der Waals surface area contributed by atoms with Gasteiger partial charge in [0.1, 0.15) is 25.3 Å². The molecule has 0 bridgehead atoms. The van der Waals surface area contributed by atoms with Crippen molar-refractivity contribution in [2.75, 3.05) is 27.2 Å². The smallest absolute Gasteiger partial charge is 0.407 e. The van der Waals surface area contributed by atoms with Crippen molar-refractivity contribution < 1.29 is 49.2 Å². The third-order valence-corrected chi connectivity index (χ3v) is 21.0. The van der Waals surface area contributed by atoms with E-state index in [4.69, 9.17) is 16.6 Å². The van der Waals surface area contributed by atoms with Crippen molar-refractivity contribution in [2.45, 2.75) is 187 Å². The highest BCUT2D eigenvalue weighted by Gasteiger charge is 2.33. The Kier molecular flexibility index (Phi) is 36.4. The van der Waals surface area contributed by atoms with Crippen molar-refractivity contribution in [3.8, 4) is 0 Å². The number of carbonyl (C=O) groups excluding carboxylic acids is 8. The Morgan fingerprint density at radius 3 is 1.16 bits per heavy atom. The van der Waals surface area contributed by atoms with E-state index in [1.165, 1.54) is 51.2 Å². The number of thiazole rings is 4. The summed E-state index contributed by atoms with van der Waals surface area (Å²) in [5.74, 6) is -0.748. The highest BCUT2D eigenvalue weighted by molar-refractivity contribution is 14.0. The van der Waals surface area contributed by atoms with E-state index in [0.29, 0.717) is 63.8 Å². The maximum Gasteiger partial charge on any atom is 0.407 e. The zero-order valence-corrected chi connectivity index (χ0v) is 66.8. The van der Waals surface area contributed by atoms with E-state index in [-0.39, 0.29) is 136 Å². The number of carbonyl (C=O) groups is 8. The van der Waals surface area contributed by atoms with Crippen molar-refractivity contribution in [3.63, 3.8) is 0 Å². The molecule has 4 aromatic carbocycles. The van der Waals surface area contributed by atoms with E-state index in [9.17, 15) is 38.4 Å². The van der Waals surface area contributed by atoms with Crippen molar-refractivity contribution >= 4 is 117 Å². The molecule has 1 saturated heterocycles. The molecule has 5 heterocycles. The van der Waals surface area contributed by atoms with Gasteiger partial charge in [0, 0.05) is 94.0 Å². The van der Waals surface area contributed by atoms with Crippen LogP contribution in [0.5, 0.6) is 0 Å². The Morgan fingerprint density at radius 1 is 0.509 bits per heavy atom. The minimum Gasteiger partial charge on any atom is -0.444 e. The Hall–Kier alpha value is -8.75. The van der Waals surface area contributed by atoms with Gasteiger partial charge >= 0.3 is 24.2 Å². The Balaban J connectivity index is 0.000000327. The summed E-state index contributed by atoms with van der Waals surface area (Å²) in [6, 6.07) is 35.5. The highest BCUT2D eigenvalue weighted by atomic mass is 127. The molecule has 8 aromatic rings. The Bertz CT molecular complexity index is 3930. The number of ether oxygens (including phenoxy) is 2. The number of amides is 10. The number of benzene rings is 4. The van der Waals surface area contributed by atoms with E-state index in [0.717, 1.165) is 58.3 Å². The molecule has 0 aliphatic carbocycles. The minimum atomic E-state index is -1.05. The van der Waals surface area contributed by atoms with Crippen LogP contribution in [0.3, 0.4) is 0 Å². The number of hydrogen-bond donors (Lipinski definition) is 7. The van der Waals surface area contributed by atoms with Crippen LogP contribution in [0.4, 0.5) is 19.2 Å². The normalized spacial score (nSPS) is 13.5. The molecule has 29 heteroatoms. The number of imide groups is 1. The predicted molar refractivity (Wildman–Crippen MR) is 428 cm³/mol. The summed E-state index contributed by atoms with van der Waals surface area (Å²) in [6.45, 7) is 9.33. The number of halogens is 1. The molecule has 0 radical (unpaired) electrons. The maximum atomic E-state index is 14.2. The zero-order valence-electron chi connectivity index (χ0n) is 62.2. The molecule has 6 atom stereocenters. The first-order valence-electron chi connectivity index (χ1n) is 36.1. The summed E-state index contributed by atoms with van der Waals surface area (Å²) in [4.78, 5) is 128. The van der Waals surface area contributed by atoms with Crippen molar-refractivity contribution in [1.82, 2.24) is 66.5 Å². The van der Waals surface area contributed by atoms with Gasteiger partial charge in [-0.1, -0.05) is 156 Å². The van der Waals surface area contributed by atoms with Crippen LogP contribution in [0.15, 0.2) is 156 Å². The maximum absolute atomic E-state index is 14.2. The predicted octanol–water partition coefficient (Wildman–Crippen LogP) is 12.7. The third-order valence-electron chi connectivity index (χ3n) is 17.1. The van der Waals surface area contributed by atoms with Gasteiger partial charge < -0.3 is 56.9 Å². The third kappa shape index (κ3) is 29.9. The van der Waals surface area contributed by atoms with Gasteiger partial charge in [-0.05, 0) is 93.0 Å². The van der Waals surface area contributed by atoms with Crippen LogP contribution >= 0.6 is 69.3 Å². The number of rotatable bonds is 37. The van der Waals surface area contributed by atoms with Gasteiger partial charge in [-0.25, -0.2) is 29.1 Å². The molecule has 24 nitrogen and oxygen atoms in total. The average Bonchev–Trinajstić information content (AvgIpc) is 1.83. The summed E-state index contributed by atoms with van der Waals surface area (Å²) in [6.07, 6.45) is 7.21. The van der Waals surface area contributed by atoms with Gasteiger partial charge in [0.15, 0.2) is 0 Å². The van der Waals surface area contributed by atoms with Crippen LogP contribution in [0.1, 0.15) is 153 Å². The van der Waals surface area contributed by atoms with Gasteiger partial charge in [0.25, 0.3) is 0 Å². The number of nitrogens with one attached hydrogen (secondary N) is 6. The van der Waals surface area contributed by atoms with E-state index in [1.807, 2.05) is 132 Å². The lowest BCUT2D eigenvalue weighted by Crippen LogP contribution is -2.53. The first-order valence-corrected chi connectivity index (χ1v) is 38.6. The summed E-state index contributed by atoms with van der Waals surface area (Å²) >= 11 is 5.94. The molecule has 10 amide bonds. The van der Waals surface area contributed by atoms with Crippen molar-refractivity contribution in [3.05, 3.63) is 209 Å². The fraction of sp³-hybridized carbons (Fsp3) is 0.429. The van der Waals surface area contributed by atoms with Crippen LogP contribution < -0.4 is 37.6 Å². The fourth-order valence-electron chi connectivity index (χ4n) is 11.5. The largest absolute Gasteiger partial charge is 0.444 e. The molecule has 0 spiro atoms. The van der Waals surface area contributed by atoms with E-state index in [1.54, 1.807) is 48.8 Å². The zero-order chi connectivity index (χ0) is 76.2. The van der Waals surface area contributed by atoms with Crippen LogP contribution in [-0.2, 0) is 80.6 Å². The van der Waals surface area contributed by atoms with Crippen LogP contribution in [0, 0.1) is 0 Å². The topological polar surface area (TPSA) is 314 Å². The van der Waals surface area contributed by atoms with Gasteiger partial charge in [0.05, 0.1) is 55.3 Å². The number of urea groups is 2. The fourth-order valence-corrected chi connectivity index (χ4v) is 14.2. The second-order valence-electron chi connectivity index (χ2n) is 26.3. The molecule has 0 unspecified atom stereocenters. The van der Waals surface area contributed by atoms with Crippen molar-refractivity contribution in [1.29, 1.82) is 0 Å². The van der Waals surface area contributed by atoms with Crippen LogP contribution in [-0.4, -0.2) is 146 Å². The molecule has 9 rings (SSSR count). The van der Waals surface area contributed by atoms with E-state index in [2.05, 4.69) is 79.5 Å². The molecule has 4 aromatic heterocycles. The number of nitrogens with two attached hydrogens (primary N) is 1. The molecule has 1 fully saturated rings. The van der Waals surface area contributed by atoms with Gasteiger partial charge in [-0.15, -0.1) is 69.3 Å². The SMILES string of the molecule is CC(C)c1nc(CN(C)C(=O)N[C@@H](CCN)C(=O)N[C@H](CC[C@H](Cc2ccccc2)NC(=O)OCc2cncs2)Cc2ccccc2)cs1.CC(C)c1nc(CN(C)C(=O)N[C@@H](CCN2C(=O)CCC2=O)C(=O)N[C@H](CC[C@H](Cc2ccccc2)NC(=O)OCc2cncs2)Cc2ccccc2)cs1.I.[2H]C. The first kappa shape index (κ1) is 84.5. The van der Waals surface area contributed by atoms with Crippen LogP contribution in [0.2, 0.25) is 0 Å². The minimum absolute atomic E-state index is 0. The van der Waals surface area contributed by atoms with Gasteiger partial charge in [0.2, 0.25) is 23.6 Å². The lowest BCUT2D eigenvalue weighted by atomic mass is 9.95. The number of nitrogens with zero attached hydrogens (tertiary/aromatic N) is 7. The number of likely N-dealkylation sites (tertiary alicyclic amines) is 1. The monoisotopic (exact) mass is 1640 g/mol. The average molecular weight is 1640 g/mol. The number of alkyl carbamates (subject to hydrolysis) is 2. The molecule has 1 aliphatic rings. The van der Waals surface area contributed by atoms with E-state index >= 15 is 0 Å². The summed E-state index contributed by atoms with van der Waals surface area (Å²) in [5.41, 5.74) is 15.0. The van der Waals surface area contributed by atoms with Crippen LogP contribution in [0.25, 0.3) is 0 Å². The lowest BCUT2D eigenvalue weighted by molar-refractivity contribution is -0.139. The molecular weight excluding hydrogens is 1540 g/mol. The Morgan fingerprint density at radius 2 is 0.849 bits per heavy atom.